The Labute approximate surface area is 149 Å². The number of likely N-dealkylation sites (tertiary alicyclic amines) is 1. The van der Waals surface area contributed by atoms with Crippen LogP contribution in [0.2, 0.25) is 0 Å². The zero-order valence-electron chi connectivity index (χ0n) is 14.7. The highest BCUT2D eigenvalue weighted by atomic mass is 16.3. The molecule has 2 aliphatic rings. The summed E-state index contributed by atoms with van der Waals surface area (Å²) in [6, 6.07) is 9.24. The largest absolute Gasteiger partial charge is 0.389 e. The number of hydrogen-bond acceptors (Lipinski definition) is 3. The fourth-order valence-corrected chi connectivity index (χ4v) is 4.01. The summed E-state index contributed by atoms with van der Waals surface area (Å²) in [6.45, 7) is 1.27. The second-order valence-electron chi connectivity index (χ2n) is 7.49. The summed E-state index contributed by atoms with van der Waals surface area (Å²) in [5.74, 6) is -0.0751. The maximum atomic E-state index is 12.6. The van der Waals surface area contributed by atoms with Crippen LogP contribution >= 0.6 is 0 Å². The number of nitrogens with one attached hydrogen (secondary N) is 1. The first-order valence-electron chi connectivity index (χ1n) is 9.42. The lowest BCUT2D eigenvalue weighted by Crippen LogP contribution is -2.51. The van der Waals surface area contributed by atoms with E-state index in [0.29, 0.717) is 24.9 Å². The first kappa shape index (κ1) is 17.9. The highest BCUT2D eigenvalue weighted by Crippen LogP contribution is 2.30. The van der Waals surface area contributed by atoms with E-state index in [2.05, 4.69) is 5.32 Å². The van der Waals surface area contributed by atoms with Crippen LogP contribution in [0.15, 0.2) is 30.3 Å². The van der Waals surface area contributed by atoms with Crippen LogP contribution in [0.1, 0.15) is 61.7 Å². The van der Waals surface area contributed by atoms with Crippen molar-refractivity contribution in [1.29, 1.82) is 0 Å². The van der Waals surface area contributed by atoms with Crippen molar-refractivity contribution in [3.63, 3.8) is 0 Å². The summed E-state index contributed by atoms with van der Waals surface area (Å²) < 4.78 is 0. The van der Waals surface area contributed by atoms with Crippen molar-refractivity contribution >= 4 is 11.8 Å². The van der Waals surface area contributed by atoms with Gasteiger partial charge in [-0.1, -0.05) is 37.5 Å². The molecule has 1 saturated carbocycles. The maximum absolute atomic E-state index is 12.6. The Hall–Kier alpha value is -1.88. The molecule has 1 saturated heterocycles. The number of carbonyl (C=O) groups is 2. The lowest BCUT2D eigenvalue weighted by Gasteiger charge is -2.35. The first-order valence-corrected chi connectivity index (χ1v) is 9.42. The molecule has 1 aliphatic carbocycles. The van der Waals surface area contributed by atoms with Gasteiger partial charge >= 0.3 is 0 Å². The van der Waals surface area contributed by atoms with E-state index < -0.39 is 5.60 Å². The second-order valence-corrected chi connectivity index (χ2v) is 7.49. The minimum absolute atomic E-state index is 0.0189. The first-order chi connectivity index (χ1) is 12.1. The molecule has 25 heavy (non-hydrogen) atoms. The Balaban J connectivity index is 1.53. The number of nitrogens with zero attached hydrogens (tertiary/aromatic N) is 1. The number of hydrogen-bond donors (Lipinski definition) is 2. The smallest absolute Gasteiger partial charge is 0.253 e. The molecule has 1 atom stereocenters. The summed E-state index contributed by atoms with van der Waals surface area (Å²) in [5.41, 5.74) is -0.151. The van der Waals surface area contributed by atoms with Crippen LogP contribution < -0.4 is 5.32 Å². The van der Waals surface area contributed by atoms with E-state index >= 15 is 0 Å². The minimum atomic E-state index is -0.837. The highest BCUT2D eigenvalue weighted by Gasteiger charge is 2.33. The average molecular weight is 344 g/mol. The van der Waals surface area contributed by atoms with Crippen LogP contribution in [-0.4, -0.2) is 46.6 Å². The molecule has 1 aromatic carbocycles. The van der Waals surface area contributed by atoms with Crippen molar-refractivity contribution in [2.75, 3.05) is 13.1 Å². The Bertz CT molecular complexity index is 596. The normalized spacial score (nSPS) is 23.1. The molecule has 0 bridgehead atoms. The molecule has 0 radical (unpaired) electrons. The lowest BCUT2D eigenvalue weighted by atomic mass is 9.82. The van der Waals surface area contributed by atoms with Gasteiger partial charge in [-0.05, 0) is 37.8 Å². The van der Waals surface area contributed by atoms with E-state index in [9.17, 15) is 14.7 Å². The van der Waals surface area contributed by atoms with Gasteiger partial charge in [-0.25, -0.2) is 0 Å². The third kappa shape index (κ3) is 4.82. The van der Waals surface area contributed by atoms with Crippen molar-refractivity contribution < 1.29 is 14.7 Å². The van der Waals surface area contributed by atoms with E-state index in [1.165, 1.54) is 0 Å². The van der Waals surface area contributed by atoms with Gasteiger partial charge in [0.25, 0.3) is 5.91 Å². The van der Waals surface area contributed by atoms with Gasteiger partial charge in [0.2, 0.25) is 5.91 Å². The number of amides is 2. The molecule has 0 spiro atoms. The number of aliphatic hydroxyl groups is 1. The van der Waals surface area contributed by atoms with Gasteiger partial charge in [-0.15, -0.1) is 0 Å². The molecule has 1 aromatic rings. The molecule has 3 rings (SSSR count). The van der Waals surface area contributed by atoms with Crippen molar-refractivity contribution in [3.8, 4) is 0 Å². The van der Waals surface area contributed by atoms with Crippen LogP contribution in [0.3, 0.4) is 0 Å². The van der Waals surface area contributed by atoms with E-state index in [-0.39, 0.29) is 24.3 Å². The molecule has 1 aliphatic heterocycles. The summed E-state index contributed by atoms with van der Waals surface area (Å²) in [6.07, 6.45) is 6.49. The molecule has 0 aromatic heterocycles. The number of benzene rings is 1. The van der Waals surface area contributed by atoms with Crippen LogP contribution in [-0.2, 0) is 4.79 Å². The SMILES string of the molecule is O=C(CC1(O)CCCCC1)N[C@H]1CCCN(C(=O)c2ccccc2)C1. The van der Waals surface area contributed by atoms with Gasteiger partial charge < -0.3 is 15.3 Å². The standard InChI is InChI=1S/C20H28N2O3/c23-18(14-20(25)11-5-2-6-12-20)21-17-10-7-13-22(15-17)19(24)16-8-3-1-4-9-16/h1,3-4,8-9,17,25H,2,5-7,10-15H2,(H,21,23)/t17-/m0/s1. The topological polar surface area (TPSA) is 69.6 Å². The molecule has 2 amide bonds. The molecule has 136 valence electrons. The van der Waals surface area contributed by atoms with E-state index in [0.717, 1.165) is 38.6 Å². The van der Waals surface area contributed by atoms with Crippen molar-refractivity contribution in [1.82, 2.24) is 10.2 Å². The molecule has 2 fully saturated rings. The Morgan fingerprint density at radius 3 is 2.56 bits per heavy atom. The van der Waals surface area contributed by atoms with Gasteiger partial charge in [0.05, 0.1) is 12.0 Å². The number of piperidine rings is 1. The van der Waals surface area contributed by atoms with Crippen molar-refractivity contribution in [2.45, 2.75) is 63.0 Å². The van der Waals surface area contributed by atoms with Crippen molar-refractivity contribution in [3.05, 3.63) is 35.9 Å². The van der Waals surface area contributed by atoms with Crippen LogP contribution in [0.5, 0.6) is 0 Å². The average Bonchev–Trinajstić information content (AvgIpc) is 2.62. The van der Waals surface area contributed by atoms with Gasteiger partial charge in [0.15, 0.2) is 0 Å². The predicted molar refractivity (Wildman–Crippen MR) is 96.2 cm³/mol. The third-order valence-electron chi connectivity index (χ3n) is 5.37. The van der Waals surface area contributed by atoms with Gasteiger partial charge in [-0.3, -0.25) is 9.59 Å². The Morgan fingerprint density at radius 1 is 1.12 bits per heavy atom. The molecule has 5 nitrogen and oxygen atoms in total. The second kappa shape index (κ2) is 8.00. The monoisotopic (exact) mass is 344 g/mol. The Morgan fingerprint density at radius 2 is 1.84 bits per heavy atom. The van der Waals surface area contributed by atoms with E-state index in [4.69, 9.17) is 0 Å². The lowest BCUT2D eigenvalue weighted by molar-refractivity contribution is -0.128. The van der Waals surface area contributed by atoms with Gasteiger partial charge in [0, 0.05) is 24.7 Å². The quantitative estimate of drug-likeness (QED) is 0.882. The minimum Gasteiger partial charge on any atom is -0.389 e. The Kier molecular flexibility index (Phi) is 5.74. The molecule has 1 heterocycles. The number of rotatable bonds is 4. The summed E-state index contributed by atoms with van der Waals surface area (Å²) in [4.78, 5) is 26.7. The van der Waals surface area contributed by atoms with E-state index in [1.54, 1.807) is 0 Å². The maximum Gasteiger partial charge on any atom is 0.253 e. The van der Waals surface area contributed by atoms with Gasteiger partial charge in [0.1, 0.15) is 0 Å². The zero-order valence-corrected chi connectivity index (χ0v) is 14.7. The molecule has 0 unspecified atom stereocenters. The van der Waals surface area contributed by atoms with Crippen LogP contribution in [0.4, 0.5) is 0 Å². The molecular formula is C20H28N2O3. The third-order valence-corrected chi connectivity index (χ3v) is 5.37. The fraction of sp³-hybridized carbons (Fsp3) is 0.600. The molecule has 2 N–H and O–H groups in total. The predicted octanol–water partition coefficient (Wildman–Crippen LogP) is 2.49. The fourth-order valence-electron chi connectivity index (χ4n) is 4.01. The summed E-state index contributed by atoms with van der Waals surface area (Å²) >= 11 is 0. The summed E-state index contributed by atoms with van der Waals surface area (Å²) in [5, 5.41) is 13.6. The zero-order chi connectivity index (χ0) is 17.7. The molecule has 5 heteroatoms. The number of carbonyl (C=O) groups excluding carboxylic acids is 2. The molecular weight excluding hydrogens is 316 g/mol. The summed E-state index contributed by atoms with van der Waals surface area (Å²) in [7, 11) is 0. The van der Waals surface area contributed by atoms with Gasteiger partial charge in [-0.2, -0.15) is 0 Å². The highest BCUT2D eigenvalue weighted by molar-refractivity contribution is 5.94. The van der Waals surface area contributed by atoms with Crippen LogP contribution in [0.25, 0.3) is 0 Å². The van der Waals surface area contributed by atoms with Crippen LogP contribution in [0, 0.1) is 0 Å². The van der Waals surface area contributed by atoms with Crippen molar-refractivity contribution in [2.24, 2.45) is 0 Å². The van der Waals surface area contributed by atoms with E-state index in [1.807, 2.05) is 35.2 Å².